The highest BCUT2D eigenvalue weighted by molar-refractivity contribution is 6.30. The van der Waals surface area contributed by atoms with E-state index in [-0.39, 0.29) is 6.04 Å². The molecular formula is C13H16ClN3. The van der Waals surface area contributed by atoms with E-state index in [9.17, 15) is 0 Å². The number of nitrogens with zero attached hydrogens (tertiary/aromatic N) is 2. The standard InChI is InChI=1S/C13H16ClN3/c1-17-9-10(8-16-17)5-6-13(15)11-3-2-4-12(14)7-11/h2-4,7-9,13H,5-6,15H2,1H3. The SMILES string of the molecule is Cn1cc(CCC(N)c2cccc(Cl)c2)cn1. The lowest BCUT2D eigenvalue weighted by Gasteiger charge is -2.11. The molecular weight excluding hydrogens is 234 g/mol. The summed E-state index contributed by atoms with van der Waals surface area (Å²) in [5, 5.41) is 4.87. The van der Waals surface area contributed by atoms with Gasteiger partial charge in [0, 0.05) is 24.3 Å². The summed E-state index contributed by atoms with van der Waals surface area (Å²) in [6.45, 7) is 0. The fourth-order valence-corrected chi connectivity index (χ4v) is 2.03. The van der Waals surface area contributed by atoms with Gasteiger partial charge in [0.15, 0.2) is 0 Å². The summed E-state index contributed by atoms with van der Waals surface area (Å²) in [6.07, 6.45) is 5.73. The van der Waals surface area contributed by atoms with Gasteiger partial charge in [-0.2, -0.15) is 5.10 Å². The van der Waals surface area contributed by atoms with Crippen LogP contribution in [0.5, 0.6) is 0 Å². The number of rotatable bonds is 4. The molecule has 0 saturated heterocycles. The van der Waals surface area contributed by atoms with Gasteiger partial charge in [0.2, 0.25) is 0 Å². The van der Waals surface area contributed by atoms with E-state index in [4.69, 9.17) is 17.3 Å². The number of nitrogens with two attached hydrogens (primary N) is 1. The van der Waals surface area contributed by atoms with Crippen molar-refractivity contribution >= 4 is 11.6 Å². The van der Waals surface area contributed by atoms with E-state index < -0.39 is 0 Å². The maximum absolute atomic E-state index is 6.13. The molecule has 3 nitrogen and oxygen atoms in total. The van der Waals surface area contributed by atoms with Crippen molar-refractivity contribution in [2.24, 2.45) is 12.8 Å². The molecule has 1 aromatic carbocycles. The first-order valence-corrected chi connectivity index (χ1v) is 6.01. The molecule has 0 amide bonds. The van der Waals surface area contributed by atoms with E-state index in [2.05, 4.69) is 5.10 Å². The molecule has 1 heterocycles. The van der Waals surface area contributed by atoms with Crippen LogP contribution in [0.3, 0.4) is 0 Å². The number of hydrogen-bond donors (Lipinski definition) is 1. The number of hydrogen-bond acceptors (Lipinski definition) is 2. The highest BCUT2D eigenvalue weighted by atomic mass is 35.5. The molecule has 0 aliphatic carbocycles. The summed E-state index contributed by atoms with van der Waals surface area (Å²) in [5.41, 5.74) is 8.43. The Hall–Kier alpha value is -1.32. The van der Waals surface area contributed by atoms with Crippen molar-refractivity contribution in [3.05, 3.63) is 52.8 Å². The van der Waals surface area contributed by atoms with Crippen LogP contribution in [0, 0.1) is 0 Å². The van der Waals surface area contributed by atoms with Crippen molar-refractivity contribution in [3.63, 3.8) is 0 Å². The molecule has 0 bridgehead atoms. The molecule has 0 saturated carbocycles. The van der Waals surface area contributed by atoms with Gasteiger partial charge in [-0.05, 0) is 36.1 Å². The fraction of sp³-hybridized carbons (Fsp3) is 0.308. The number of aryl methyl sites for hydroxylation is 2. The Kier molecular flexibility index (Phi) is 3.82. The van der Waals surface area contributed by atoms with Gasteiger partial charge >= 0.3 is 0 Å². The third kappa shape index (κ3) is 3.32. The second-order valence-corrected chi connectivity index (χ2v) is 4.66. The zero-order valence-electron chi connectivity index (χ0n) is 9.81. The lowest BCUT2D eigenvalue weighted by molar-refractivity contribution is 0.651. The van der Waals surface area contributed by atoms with Gasteiger partial charge in [0.05, 0.1) is 6.20 Å². The normalized spacial score (nSPS) is 12.6. The minimum Gasteiger partial charge on any atom is -0.324 e. The number of aromatic nitrogens is 2. The highest BCUT2D eigenvalue weighted by Crippen LogP contribution is 2.19. The van der Waals surface area contributed by atoms with E-state index in [1.807, 2.05) is 43.7 Å². The monoisotopic (exact) mass is 249 g/mol. The fourth-order valence-electron chi connectivity index (χ4n) is 1.83. The first kappa shape index (κ1) is 12.1. The number of benzene rings is 1. The van der Waals surface area contributed by atoms with Crippen LogP contribution in [0.25, 0.3) is 0 Å². The molecule has 0 fully saturated rings. The molecule has 1 atom stereocenters. The van der Waals surface area contributed by atoms with E-state index in [0.717, 1.165) is 23.4 Å². The van der Waals surface area contributed by atoms with Gasteiger partial charge in [0.25, 0.3) is 0 Å². The van der Waals surface area contributed by atoms with Gasteiger partial charge in [-0.3, -0.25) is 4.68 Å². The van der Waals surface area contributed by atoms with Crippen LogP contribution in [0.1, 0.15) is 23.6 Å². The smallest absolute Gasteiger partial charge is 0.0521 e. The molecule has 4 heteroatoms. The predicted molar refractivity (Wildman–Crippen MR) is 69.9 cm³/mol. The Labute approximate surface area is 106 Å². The summed E-state index contributed by atoms with van der Waals surface area (Å²) in [6, 6.07) is 7.75. The Bertz CT molecular complexity index is 493. The van der Waals surface area contributed by atoms with Crippen LogP contribution in [0.4, 0.5) is 0 Å². The summed E-state index contributed by atoms with van der Waals surface area (Å²) in [4.78, 5) is 0. The maximum atomic E-state index is 6.13. The van der Waals surface area contributed by atoms with Crippen molar-refractivity contribution in [2.75, 3.05) is 0 Å². The lowest BCUT2D eigenvalue weighted by atomic mass is 10.0. The largest absolute Gasteiger partial charge is 0.324 e. The quantitative estimate of drug-likeness (QED) is 0.906. The van der Waals surface area contributed by atoms with Crippen LogP contribution >= 0.6 is 11.6 Å². The van der Waals surface area contributed by atoms with Crippen molar-refractivity contribution in [1.29, 1.82) is 0 Å². The molecule has 1 unspecified atom stereocenters. The van der Waals surface area contributed by atoms with Crippen LogP contribution in [-0.4, -0.2) is 9.78 Å². The molecule has 2 aromatic rings. The second kappa shape index (κ2) is 5.34. The van der Waals surface area contributed by atoms with Crippen molar-refractivity contribution in [2.45, 2.75) is 18.9 Å². The van der Waals surface area contributed by atoms with Gasteiger partial charge < -0.3 is 5.73 Å². The minimum atomic E-state index is 0.0221. The molecule has 90 valence electrons. The van der Waals surface area contributed by atoms with E-state index in [1.165, 1.54) is 5.56 Å². The predicted octanol–water partition coefficient (Wildman–Crippen LogP) is 2.71. The Balaban J connectivity index is 1.95. The molecule has 17 heavy (non-hydrogen) atoms. The van der Waals surface area contributed by atoms with Crippen molar-refractivity contribution in [3.8, 4) is 0 Å². The molecule has 1 aromatic heterocycles. The summed E-state index contributed by atoms with van der Waals surface area (Å²) in [7, 11) is 1.92. The molecule has 0 aliphatic heterocycles. The minimum absolute atomic E-state index is 0.0221. The average Bonchev–Trinajstić information content (AvgIpc) is 2.72. The van der Waals surface area contributed by atoms with Crippen LogP contribution < -0.4 is 5.73 Å². The van der Waals surface area contributed by atoms with Gasteiger partial charge in [-0.15, -0.1) is 0 Å². The first-order chi connectivity index (χ1) is 8.15. The zero-order valence-corrected chi connectivity index (χ0v) is 10.6. The Morgan fingerprint density at radius 2 is 2.29 bits per heavy atom. The molecule has 2 N–H and O–H groups in total. The van der Waals surface area contributed by atoms with Crippen LogP contribution in [-0.2, 0) is 13.5 Å². The third-order valence-electron chi connectivity index (χ3n) is 2.78. The average molecular weight is 250 g/mol. The first-order valence-electron chi connectivity index (χ1n) is 5.64. The third-order valence-corrected chi connectivity index (χ3v) is 3.01. The zero-order chi connectivity index (χ0) is 12.3. The molecule has 0 spiro atoms. The molecule has 0 radical (unpaired) electrons. The summed E-state index contributed by atoms with van der Waals surface area (Å²) < 4.78 is 1.81. The maximum Gasteiger partial charge on any atom is 0.0521 e. The number of halogens is 1. The van der Waals surface area contributed by atoms with Gasteiger partial charge in [0.1, 0.15) is 0 Å². The van der Waals surface area contributed by atoms with Crippen molar-refractivity contribution in [1.82, 2.24) is 9.78 Å². The van der Waals surface area contributed by atoms with E-state index >= 15 is 0 Å². The van der Waals surface area contributed by atoms with Gasteiger partial charge in [-0.25, -0.2) is 0 Å². The molecule has 2 rings (SSSR count). The van der Waals surface area contributed by atoms with Crippen LogP contribution in [0.15, 0.2) is 36.7 Å². The van der Waals surface area contributed by atoms with E-state index in [1.54, 1.807) is 4.68 Å². The van der Waals surface area contributed by atoms with Gasteiger partial charge in [-0.1, -0.05) is 23.7 Å². The summed E-state index contributed by atoms with van der Waals surface area (Å²) >= 11 is 5.94. The topological polar surface area (TPSA) is 43.8 Å². The second-order valence-electron chi connectivity index (χ2n) is 4.22. The molecule has 0 aliphatic rings. The Morgan fingerprint density at radius 3 is 2.94 bits per heavy atom. The highest BCUT2D eigenvalue weighted by Gasteiger charge is 2.07. The Morgan fingerprint density at radius 1 is 1.47 bits per heavy atom. The van der Waals surface area contributed by atoms with Crippen LogP contribution in [0.2, 0.25) is 5.02 Å². The summed E-state index contributed by atoms with van der Waals surface area (Å²) in [5.74, 6) is 0. The van der Waals surface area contributed by atoms with E-state index in [0.29, 0.717) is 0 Å². The lowest BCUT2D eigenvalue weighted by Crippen LogP contribution is -2.11. The van der Waals surface area contributed by atoms with Crippen molar-refractivity contribution < 1.29 is 0 Å².